The number of nitrogens with zero attached hydrogens (tertiary/aromatic N) is 5. The maximum Gasteiger partial charge on any atom is 0.296 e. The molecule has 0 aliphatic rings. The van der Waals surface area contributed by atoms with Crippen LogP contribution in [0, 0.1) is 5.82 Å². The Labute approximate surface area is 147 Å². The fraction of sp³-hybridized carbons (Fsp3) is 0.250. The van der Waals surface area contributed by atoms with Gasteiger partial charge >= 0.3 is 0 Å². The number of thioether (sulfide) groups is 1. The number of hydrogen-bond donors (Lipinski definition) is 0. The van der Waals surface area contributed by atoms with Crippen LogP contribution in [0.4, 0.5) is 4.39 Å². The number of hydrogen-bond acceptors (Lipinski definition) is 5. The van der Waals surface area contributed by atoms with Gasteiger partial charge in [0, 0.05) is 32.1 Å². The number of carbonyl (C=O) groups excluding carboxylic acids is 1. The van der Waals surface area contributed by atoms with Gasteiger partial charge in [0.15, 0.2) is 5.16 Å². The maximum atomic E-state index is 13.8. The first kappa shape index (κ1) is 17.2. The Morgan fingerprint density at radius 3 is 2.72 bits per heavy atom. The van der Waals surface area contributed by atoms with Gasteiger partial charge in [-0.15, -0.1) is 10.2 Å². The maximum absolute atomic E-state index is 13.8. The fourth-order valence-electron chi connectivity index (χ4n) is 2.19. The minimum Gasteiger partial charge on any atom is -0.348 e. The molecule has 0 bridgehead atoms. The third kappa shape index (κ3) is 3.55. The average molecular weight is 361 g/mol. The normalized spacial score (nSPS) is 11.0. The van der Waals surface area contributed by atoms with E-state index in [1.807, 2.05) is 0 Å². The van der Waals surface area contributed by atoms with Gasteiger partial charge in [-0.2, -0.15) is 0 Å². The summed E-state index contributed by atoms with van der Waals surface area (Å²) in [5, 5.41) is 8.34. The minimum atomic E-state index is -0.371. The van der Waals surface area contributed by atoms with Crippen molar-refractivity contribution in [2.24, 2.45) is 0 Å². The molecule has 25 heavy (non-hydrogen) atoms. The molecule has 0 aliphatic heterocycles. The molecule has 0 unspecified atom stereocenters. The van der Waals surface area contributed by atoms with Crippen LogP contribution < -0.4 is 5.56 Å². The molecule has 1 amide bonds. The van der Waals surface area contributed by atoms with E-state index in [-0.39, 0.29) is 35.2 Å². The summed E-state index contributed by atoms with van der Waals surface area (Å²) in [5.41, 5.74) is 0.183. The molecule has 0 spiro atoms. The number of rotatable bonds is 5. The highest BCUT2D eigenvalue weighted by Gasteiger charge is 2.14. The lowest BCUT2D eigenvalue weighted by Crippen LogP contribution is -2.24. The van der Waals surface area contributed by atoms with Crippen molar-refractivity contribution in [1.82, 2.24) is 24.1 Å². The van der Waals surface area contributed by atoms with E-state index >= 15 is 0 Å². The van der Waals surface area contributed by atoms with Crippen LogP contribution >= 0.6 is 11.8 Å². The van der Waals surface area contributed by atoms with E-state index < -0.39 is 0 Å². The van der Waals surface area contributed by atoms with Gasteiger partial charge < -0.3 is 9.47 Å². The van der Waals surface area contributed by atoms with Crippen LogP contribution in [0.1, 0.15) is 5.56 Å². The van der Waals surface area contributed by atoms with Crippen LogP contribution in [0.5, 0.6) is 0 Å². The van der Waals surface area contributed by atoms with Crippen molar-refractivity contribution in [2.75, 3.05) is 19.8 Å². The zero-order chi connectivity index (χ0) is 18.0. The molecule has 0 N–H and O–H groups in total. The summed E-state index contributed by atoms with van der Waals surface area (Å²) in [7, 11) is 3.35. The summed E-state index contributed by atoms with van der Waals surface area (Å²) < 4.78 is 16.7. The highest BCUT2D eigenvalue weighted by Crippen LogP contribution is 2.16. The molecule has 0 radical (unpaired) electrons. The largest absolute Gasteiger partial charge is 0.348 e. The molecule has 1 aromatic carbocycles. The molecule has 2 heterocycles. The van der Waals surface area contributed by atoms with E-state index in [2.05, 4.69) is 10.2 Å². The monoisotopic (exact) mass is 361 g/mol. The van der Waals surface area contributed by atoms with E-state index in [4.69, 9.17) is 0 Å². The third-order valence-electron chi connectivity index (χ3n) is 3.63. The van der Waals surface area contributed by atoms with E-state index in [0.29, 0.717) is 10.7 Å². The first-order valence-corrected chi connectivity index (χ1v) is 8.46. The van der Waals surface area contributed by atoms with Gasteiger partial charge in [0.2, 0.25) is 11.6 Å². The van der Waals surface area contributed by atoms with E-state index in [1.54, 1.807) is 44.7 Å². The third-order valence-corrected chi connectivity index (χ3v) is 4.56. The predicted octanol–water partition coefficient (Wildman–Crippen LogP) is 1.26. The first-order chi connectivity index (χ1) is 12.0. The Balaban J connectivity index is 1.88. The van der Waals surface area contributed by atoms with Crippen molar-refractivity contribution in [2.45, 2.75) is 11.7 Å². The van der Waals surface area contributed by atoms with Crippen molar-refractivity contribution in [3.05, 3.63) is 58.4 Å². The molecule has 2 aromatic heterocycles. The lowest BCUT2D eigenvalue weighted by Gasteiger charge is -2.09. The van der Waals surface area contributed by atoms with E-state index in [9.17, 15) is 14.0 Å². The summed E-state index contributed by atoms with van der Waals surface area (Å²) >= 11 is 1.20. The van der Waals surface area contributed by atoms with Gasteiger partial charge in [-0.1, -0.05) is 30.0 Å². The second kappa shape index (κ2) is 7.06. The number of carbonyl (C=O) groups is 1. The molecule has 3 aromatic rings. The summed E-state index contributed by atoms with van der Waals surface area (Å²) in [6, 6.07) is 6.30. The second-order valence-electron chi connectivity index (χ2n) is 5.58. The van der Waals surface area contributed by atoms with Gasteiger partial charge in [0.25, 0.3) is 5.56 Å². The lowest BCUT2D eigenvalue weighted by atomic mass is 10.2. The van der Waals surface area contributed by atoms with Gasteiger partial charge in [0.05, 0.1) is 12.3 Å². The molecule has 0 atom stereocenters. The smallest absolute Gasteiger partial charge is 0.296 e. The summed E-state index contributed by atoms with van der Waals surface area (Å²) in [6.45, 7) is 0.108. The number of amides is 1. The van der Waals surface area contributed by atoms with Crippen LogP contribution in [0.3, 0.4) is 0 Å². The Morgan fingerprint density at radius 1 is 1.24 bits per heavy atom. The van der Waals surface area contributed by atoms with E-state index in [1.165, 1.54) is 31.7 Å². The highest BCUT2D eigenvalue weighted by molar-refractivity contribution is 7.99. The Hall–Kier alpha value is -2.68. The quantitative estimate of drug-likeness (QED) is 0.640. The first-order valence-electron chi connectivity index (χ1n) is 7.48. The van der Waals surface area contributed by atoms with Gasteiger partial charge in [-0.25, -0.2) is 4.39 Å². The van der Waals surface area contributed by atoms with Crippen LogP contribution in [0.25, 0.3) is 5.65 Å². The molecule has 3 rings (SSSR count). The fourth-order valence-corrected chi connectivity index (χ4v) is 3.08. The van der Waals surface area contributed by atoms with Crippen LogP contribution in [-0.4, -0.2) is 49.8 Å². The Kier molecular flexibility index (Phi) is 4.84. The molecule has 0 saturated heterocycles. The van der Waals surface area contributed by atoms with Crippen molar-refractivity contribution >= 4 is 23.3 Å². The van der Waals surface area contributed by atoms with Crippen LogP contribution in [-0.2, 0) is 11.3 Å². The molecule has 0 aliphatic carbocycles. The van der Waals surface area contributed by atoms with Gasteiger partial charge in [-0.05, 0) is 6.07 Å². The number of benzene rings is 1. The van der Waals surface area contributed by atoms with Crippen molar-refractivity contribution in [3.63, 3.8) is 0 Å². The van der Waals surface area contributed by atoms with Crippen LogP contribution in [0.15, 0.2) is 46.6 Å². The number of aromatic nitrogens is 4. The van der Waals surface area contributed by atoms with Crippen LogP contribution in [0.2, 0.25) is 0 Å². The highest BCUT2D eigenvalue weighted by atomic mass is 32.2. The summed E-state index contributed by atoms with van der Waals surface area (Å²) in [5.74, 6) is -0.227. The molecule has 0 saturated carbocycles. The number of halogens is 1. The second-order valence-corrected chi connectivity index (χ2v) is 6.52. The van der Waals surface area contributed by atoms with Crippen molar-refractivity contribution < 1.29 is 9.18 Å². The lowest BCUT2D eigenvalue weighted by molar-refractivity contribution is -0.125. The number of fused-ring (bicyclic) bond motifs is 1. The van der Waals surface area contributed by atoms with Crippen molar-refractivity contribution in [1.29, 1.82) is 0 Å². The Bertz CT molecular complexity index is 982. The SMILES string of the molecule is CN(C)C(=O)CSc1nnc2c(=O)n(Cc3ccccc3F)ccn12. The van der Waals surface area contributed by atoms with Crippen molar-refractivity contribution in [3.8, 4) is 0 Å². The molecule has 9 heteroatoms. The molecule has 7 nitrogen and oxygen atoms in total. The molecular formula is C16H16FN5O2S. The average Bonchev–Trinajstić information content (AvgIpc) is 3.00. The van der Waals surface area contributed by atoms with E-state index in [0.717, 1.165) is 0 Å². The summed E-state index contributed by atoms with van der Waals surface area (Å²) in [4.78, 5) is 25.7. The zero-order valence-corrected chi connectivity index (χ0v) is 14.5. The standard InChI is InChI=1S/C16H16FN5O2S/c1-20(2)13(23)10-25-16-19-18-14-15(24)21(7-8-22(14)16)9-11-5-3-4-6-12(11)17/h3-8H,9-10H2,1-2H3. The molecular weight excluding hydrogens is 345 g/mol. The summed E-state index contributed by atoms with van der Waals surface area (Å²) in [6.07, 6.45) is 3.20. The molecule has 130 valence electrons. The molecule has 0 fully saturated rings. The van der Waals surface area contributed by atoms with Gasteiger partial charge in [0.1, 0.15) is 5.82 Å². The predicted molar refractivity (Wildman–Crippen MR) is 92.2 cm³/mol. The van der Waals surface area contributed by atoms with Gasteiger partial charge in [-0.3, -0.25) is 14.0 Å². The minimum absolute atomic E-state index is 0.0605. The topological polar surface area (TPSA) is 72.5 Å². The zero-order valence-electron chi connectivity index (χ0n) is 13.7. The Morgan fingerprint density at radius 2 is 2.00 bits per heavy atom.